The second-order valence-electron chi connectivity index (χ2n) is 15.0. The SMILES string of the molecule is CC1(C)c2ccccc2-c2cc3ccc4cc(N(c5ccc(-c6ccccc6)cc5)c5cc(-c6ccccc6)cc(-c6ccccc6)c5)ccc4c3cc21. The number of fused-ring (bicyclic) bond motifs is 6. The van der Waals surface area contributed by atoms with Crippen LogP contribution in [0.25, 0.3) is 66.1 Å². The average Bonchev–Trinajstić information content (AvgIpc) is 3.46. The highest BCUT2D eigenvalue weighted by Gasteiger charge is 2.35. The normalized spacial score (nSPS) is 12.8. The van der Waals surface area contributed by atoms with E-state index in [0.717, 1.165) is 17.1 Å². The maximum atomic E-state index is 2.46. The van der Waals surface area contributed by atoms with Crippen LogP contribution in [-0.2, 0) is 5.41 Å². The third-order valence-electron chi connectivity index (χ3n) is 11.4. The highest BCUT2D eigenvalue weighted by atomic mass is 15.1. The van der Waals surface area contributed by atoms with E-state index in [1.165, 1.54) is 77.2 Å². The van der Waals surface area contributed by atoms with E-state index >= 15 is 0 Å². The lowest BCUT2D eigenvalue weighted by atomic mass is 9.81. The van der Waals surface area contributed by atoms with Crippen molar-refractivity contribution < 1.29 is 0 Å². The molecule has 1 heteroatoms. The minimum Gasteiger partial charge on any atom is -0.310 e. The van der Waals surface area contributed by atoms with Crippen LogP contribution in [0, 0.1) is 0 Å². The van der Waals surface area contributed by atoms with Gasteiger partial charge < -0.3 is 4.90 Å². The Morgan fingerprint density at radius 3 is 1.46 bits per heavy atom. The van der Waals surface area contributed by atoms with Crippen LogP contribution in [0.3, 0.4) is 0 Å². The number of anilines is 3. The Balaban J connectivity index is 1.16. The summed E-state index contributed by atoms with van der Waals surface area (Å²) in [6.45, 7) is 4.72. The first kappa shape index (κ1) is 32.0. The predicted octanol–water partition coefficient (Wildman–Crippen LogP) is 14.8. The molecule has 0 aromatic heterocycles. The van der Waals surface area contributed by atoms with Crippen LogP contribution in [0.1, 0.15) is 25.0 Å². The molecular weight excluding hydrogens is 651 g/mol. The molecule has 1 nitrogen and oxygen atoms in total. The molecule has 0 radical (unpaired) electrons. The van der Waals surface area contributed by atoms with E-state index in [9.17, 15) is 0 Å². The van der Waals surface area contributed by atoms with Gasteiger partial charge in [0.25, 0.3) is 0 Å². The second-order valence-corrected chi connectivity index (χ2v) is 15.0. The standard InChI is InChI=1S/C53H39N/c1-53(2)51-21-13-12-20-48(51)50-34-41-23-22-40-31-45(28-29-47(40)49(41)35-52(50)53)54(44-26-24-39(25-27-44)36-14-6-3-7-15-36)46-32-42(37-16-8-4-9-17-37)30-43(33-46)38-18-10-5-11-19-38/h3-35H,1-2H3. The molecule has 0 spiro atoms. The molecule has 1 aliphatic carbocycles. The number of benzene rings is 9. The molecule has 0 aliphatic heterocycles. The van der Waals surface area contributed by atoms with E-state index in [0.29, 0.717) is 0 Å². The molecule has 0 saturated carbocycles. The molecule has 1 aliphatic rings. The van der Waals surface area contributed by atoms with Crippen molar-refractivity contribution in [3.8, 4) is 44.5 Å². The summed E-state index contributed by atoms with van der Waals surface area (Å²) < 4.78 is 0. The van der Waals surface area contributed by atoms with Crippen molar-refractivity contribution in [1.29, 1.82) is 0 Å². The lowest BCUT2D eigenvalue weighted by molar-refractivity contribution is 0.661. The van der Waals surface area contributed by atoms with Crippen molar-refractivity contribution >= 4 is 38.6 Å². The van der Waals surface area contributed by atoms with E-state index < -0.39 is 0 Å². The Kier molecular flexibility index (Phi) is 7.56. The van der Waals surface area contributed by atoms with Crippen LogP contribution in [0.5, 0.6) is 0 Å². The van der Waals surface area contributed by atoms with Gasteiger partial charge in [0.15, 0.2) is 0 Å². The first-order chi connectivity index (χ1) is 26.5. The molecule has 0 N–H and O–H groups in total. The Bertz CT molecular complexity index is 2760. The molecule has 0 bridgehead atoms. The molecule has 0 saturated heterocycles. The fraction of sp³-hybridized carbons (Fsp3) is 0.0566. The summed E-state index contributed by atoms with van der Waals surface area (Å²) >= 11 is 0. The van der Waals surface area contributed by atoms with Crippen molar-refractivity contribution in [2.24, 2.45) is 0 Å². The zero-order valence-electron chi connectivity index (χ0n) is 30.5. The predicted molar refractivity (Wildman–Crippen MR) is 230 cm³/mol. The molecule has 0 unspecified atom stereocenters. The zero-order valence-corrected chi connectivity index (χ0v) is 30.5. The lowest BCUT2D eigenvalue weighted by Gasteiger charge is -2.27. The maximum Gasteiger partial charge on any atom is 0.0473 e. The van der Waals surface area contributed by atoms with Crippen LogP contribution < -0.4 is 4.90 Å². The van der Waals surface area contributed by atoms with Gasteiger partial charge in [-0.1, -0.05) is 159 Å². The number of hydrogen-bond acceptors (Lipinski definition) is 1. The monoisotopic (exact) mass is 689 g/mol. The second kappa shape index (κ2) is 12.8. The molecule has 0 amide bonds. The summed E-state index contributed by atoms with van der Waals surface area (Å²) in [5, 5.41) is 5.07. The Morgan fingerprint density at radius 1 is 0.315 bits per heavy atom. The lowest BCUT2D eigenvalue weighted by Crippen LogP contribution is -2.14. The molecule has 54 heavy (non-hydrogen) atoms. The smallest absolute Gasteiger partial charge is 0.0473 e. The molecule has 9 aromatic rings. The third-order valence-corrected chi connectivity index (χ3v) is 11.4. The van der Waals surface area contributed by atoms with Crippen molar-refractivity contribution in [2.45, 2.75) is 19.3 Å². The highest BCUT2D eigenvalue weighted by molar-refractivity contribution is 6.11. The van der Waals surface area contributed by atoms with Crippen molar-refractivity contribution in [3.05, 3.63) is 211 Å². The van der Waals surface area contributed by atoms with Gasteiger partial charge in [-0.05, 0) is 132 Å². The summed E-state index contributed by atoms with van der Waals surface area (Å²) in [7, 11) is 0. The van der Waals surface area contributed by atoms with Gasteiger partial charge >= 0.3 is 0 Å². The fourth-order valence-electron chi connectivity index (χ4n) is 8.60. The molecule has 10 rings (SSSR count). The molecule has 0 atom stereocenters. The van der Waals surface area contributed by atoms with E-state index in [1.807, 2.05) is 0 Å². The third kappa shape index (κ3) is 5.40. The van der Waals surface area contributed by atoms with Crippen LogP contribution in [0.4, 0.5) is 17.1 Å². The number of rotatable bonds is 6. The largest absolute Gasteiger partial charge is 0.310 e. The van der Waals surface area contributed by atoms with Crippen molar-refractivity contribution in [3.63, 3.8) is 0 Å². The summed E-state index contributed by atoms with van der Waals surface area (Å²) in [5.74, 6) is 0. The van der Waals surface area contributed by atoms with Gasteiger partial charge in [-0.2, -0.15) is 0 Å². The highest BCUT2D eigenvalue weighted by Crippen LogP contribution is 2.50. The average molecular weight is 690 g/mol. The Hall–Kier alpha value is -6.70. The van der Waals surface area contributed by atoms with Gasteiger partial charge in [0.2, 0.25) is 0 Å². The Labute approximate surface area is 317 Å². The van der Waals surface area contributed by atoms with E-state index in [1.54, 1.807) is 0 Å². The van der Waals surface area contributed by atoms with Gasteiger partial charge in [0.1, 0.15) is 0 Å². The summed E-state index contributed by atoms with van der Waals surface area (Å²) in [5.41, 5.74) is 16.0. The van der Waals surface area contributed by atoms with Crippen molar-refractivity contribution in [1.82, 2.24) is 0 Å². The van der Waals surface area contributed by atoms with Gasteiger partial charge in [-0.15, -0.1) is 0 Å². The van der Waals surface area contributed by atoms with Crippen LogP contribution >= 0.6 is 0 Å². The van der Waals surface area contributed by atoms with Gasteiger partial charge in [-0.25, -0.2) is 0 Å². The number of nitrogens with zero attached hydrogens (tertiary/aromatic N) is 1. The fourth-order valence-corrected chi connectivity index (χ4v) is 8.60. The first-order valence-corrected chi connectivity index (χ1v) is 18.8. The van der Waals surface area contributed by atoms with E-state index in [2.05, 4.69) is 219 Å². The van der Waals surface area contributed by atoms with Crippen LogP contribution in [-0.4, -0.2) is 0 Å². The van der Waals surface area contributed by atoms with Gasteiger partial charge in [0.05, 0.1) is 0 Å². The molecule has 0 heterocycles. The molecule has 9 aromatic carbocycles. The van der Waals surface area contributed by atoms with Crippen LogP contribution in [0.15, 0.2) is 200 Å². The summed E-state index contributed by atoms with van der Waals surface area (Å²) in [6.07, 6.45) is 0. The minimum absolute atomic E-state index is 0.0504. The molecule has 0 fully saturated rings. The van der Waals surface area contributed by atoms with E-state index in [-0.39, 0.29) is 5.41 Å². The molecular formula is C53H39N. The maximum absolute atomic E-state index is 2.46. The first-order valence-electron chi connectivity index (χ1n) is 18.8. The topological polar surface area (TPSA) is 3.24 Å². The van der Waals surface area contributed by atoms with Crippen LogP contribution in [0.2, 0.25) is 0 Å². The number of hydrogen-bond donors (Lipinski definition) is 0. The van der Waals surface area contributed by atoms with E-state index in [4.69, 9.17) is 0 Å². The molecule has 256 valence electrons. The van der Waals surface area contributed by atoms with Gasteiger partial charge in [0, 0.05) is 22.5 Å². The van der Waals surface area contributed by atoms with Gasteiger partial charge in [-0.3, -0.25) is 0 Å². The zero-order chi connectivity index (χ0) is 36.2. The quantitative estimate of drug-likeness (QED) is 0.157. The summed E-state index contributed by atoms with van der Waals surface area (Å²) in [4.78, 5) is 2.42. The Morgan fingerprint density at radius 2 is 0.833 bits per heavy atom. The summed E-state index contributed by atoms with van der Waals surface area (Å²) in [6, 6.07) is 73.4. The van der Waals surface area contributed by atoms with Crippen molar-refractivity contribution in [2.75, 3.05) is 4.90 Å². The minimum atomic E-state index is -0.0504.